The summed E-state index contributed by atoms with van der Waals surface area (Å²) in [4.78, 5) is 20.7. The number of hydrogen-bond donors (Lipinski definition) is 2. The van der Waals surface area contributed by atoms with Crippen molar-refractivity contribution in [3.05, 3.63) is 83.6 Å². The molecule has 0 radical (unpaired) electrons. The van der Waals surface area contributed by atoms with Gasteiger partial charge in [-0.3, -0.25) is 14.7 Å². The minimum Gasteiger partial charge on any atom is -0.317 e. The van der Waals surface area contributed by atoms with Crippen LogP contribution in [0.1, 0.15) is 36.6 Å². The van der Waals surface area contributed by atoms with Crippen LogP contribution in [0.25, 0.3) is 11.3 Å². The highest BCUT2D eigenvalue weighted by Gasteiger charge is 2.43. The van der Waals surface area contributed by atoms with Gasteiger partial charge in [0.25, 0.3) is 0 Å². The van der Waals surface area contributed by atoms with Crippen LogP contribution in [0.15, 0.2) is 66.7 Å². The fourth-order valence-corrected chi connectivity index (χ4v) is 5.83. The van der Waals surface area contributed by atoms with Crippen molar-refractivity contribution in [3.63, 3.8) is 0 Å². The topological polar surface area (TPSA) is 60.5 Å². The molecule has 1 amide bonds. The summed E-state index contributed by atoms with van der Waals surface area (Å²) in [5.74, 6) is -1.39. The molecule has 2 saturated heterocycles. The van der Waals surface area contributed by atoms with E-state index < -0.39 is 12.1 Å². The molecular formula is C32H38F3N5O. The molecule has 1 atom stereocenters. The summed E-state index contributed by atoms with van der Waals surface area (Å²) in [6, 6.07) is 20.6. The molecule has 9 heteroatoms. The van der Waals surface area contributed by atoms with Gasteiger partial charge in [0, 0.05) is 43.5 Å². The molecule has 3 heterocycles. The molecule has 2 aromatic carbocycles. The van der Waals surface area contributed by atoms with Gasteiger partial charge >= 0.3 is 12.1 Å². The molecule has 0 bridgehead atoms. The van der Waals surface area contributed by atoms with Crippen LogP contribution < -0.4 is 15.5 Å². The monoisotopic (exact) mass is 565 g/mol. The highest BCUT2D eigenvalue weighted by Crippen LogP contribution is 2.29. The summed E-state index contributed by atoms with van der Waals surface area (Å²) in [7, 11) is 0. The molecule has 0 saturated carbocycles. The van der Waals surface area contributed by atoms with E-state index in [9.17, 15) is 18.0 Å². The maximum atomic E-state index is 13.8. The fraction of sp³-hybridized carbons (Fsp3) is 0.438. The number of carbonyl (C=O) groups is 1. The van der Waals surface area contributed by atoms with Crippen molar-refractivity contribution in [2.45, 2.75) is 51.5 Å². The third-order valence-electron chi connectivity index (χ3n) is 7.90. The average molecular weight is 566 g/mol. The lowest BCUT2D eigenvalue weighted by molar-refractivity contribution is -0.170. The molecule has 5 rings (SSSR count). The Kier molecular flexibility index (Phi) is 9.37. The van der Waals surface area contributed by atoms with Crippen LogP contribution in [0.5, 0.6) is 0 Å². The Bertz CT molecular complexity index is 1320. The molecule has 2 N–H and O–H groups in total. The number of carbonyl (C=O) groups excluding carboxylic acids is 1. The van der Waals surface area contributed by atoms with E-state index >= 15 is 0 Å². The number of rotatable bonds is 8. The van der Waals surface area contributed by atoms with Crippen LogP contribution >= 0.6 is 0 Å². The number of amides is 1. The van der Waals surface area contributed by atoms with Gasteiger partial charge in [-0.25, -0.2) is 0 Å². The van der Waals surface area contributed by atoms with E-state index in [1.165, 1.54) is 0 Å². The molecule has 6 nitrogen and oxygen atoms in total. The van der Waals surface area contributed by atoms with Gasteiger partial charge in [0.2, 0.25) is 0 Å². The fourth-order valence-electron chi connectivity index (χ4n) is 5.83. The number of halogens is 3. The van der Waals surface area contributed by atoms with E-state index in [0.717, 1.165) is 85.9 Å². The first kappa shape index (κ1) is 29.2. The standard InChI is InChI=1S/C32H38F3N5O/c1-23-20-39(16-15-37-23)22-28-8-4-10-30(38-28)27-7-2-6-26(18-27)21-40(31(41)32(33,34)35)29-9-3-5-25(19-29)17-24-11-13-36-14-12-24/h2-10,18-19,23-24,36-37H,11-17,20-22H2,1H3/t23-/m0/s1. The Morgan fingerprint density at radius 2 is 1.76 bits per heavy atom. The minimum atomic E-state index is -4.99. The van der Waals surface area contributed by atoms with Crippen molar-refractivity contribution in [3.8, 4) is 11.3 Å². The summed E-state index contributed by atoms with van der Waals surface area (Å²) >= 11 is 0. The second-order valence-electron chi connectivity index (χ2n) is 11.3. The summed E-state index contributed by atoms with van der Waals surface area (Å²) in [5.41, 5.74) is 4.31. The van der Waals surface area contributed by atoms with Crippen LogP contribution in [0.2, 0.25) is 0 Å². The van der Waals surface area contributed by atoms with Crippen molar-refractivity contribution < 1.29 is 18.0 Å². The van der Waals surface area contributed by atoms with Crippen molar-refractivity contribution in [1.82, 2.24) is 20.5 Å². The third-order valence-corrected chi connectivity index (χ3v) is 7.90. The number of nitrogens with one attached hydrogen (secondary N) is 2. The summed E-state index contributed by atoms with van der Waals surface area (Å²) in [6.45, 7) is 7.45. The summed E-state index contributed by atoms with van der Waals surface area (Å²) < 4.78 is 41.3. The van der Waals surface area contributed by atoms with Gasteiger partial charge in [-0.05, 0) is 86.7 Å². The molecule has 2 aliphatic rings. The van der Waals surface area contributed by atoms with Gasteiger partial charge in [0.15, 0.2) is 0 Å². The van der Waals surface area contributed by atoms with E-state index in [0.29, 0.717) is 17.5 Å². The Morgan fingerprint density at radius 1 is 1.00 bits per heavy atom. The Balaban J connectivity index is 1.36. The maximum Gasteiger partial charge on any atom is 0.471 e. The first-order chi connectivity index (χ1) is 19.7. The summed E-state index contributed by atoms with van der Waals surface area (Å²) in [6.07, 6.45) is -2.13. The number of alkyl halides is 3. The zero-order valence-corrected chi connectivity index (χ0v) is 23.5. The molecule has 0 unspecified atom stereocenters. The Labute approximate surface area is 240 Å². The summed E-state index contributed by atoms with van der Waals surface area (Å²) in [5, 5.41) is 6.79. The van der Waals surface area contributed by atoms with Crippen LogP contribution in [-0.2, 0) is 24.3 Å². The van der Waals surface area contributed by atoms with Crippen molar-refractivity contribution in [1.29, 1.82) is 0 Å². The zero-order chi connectivity index (χ0) is 28.8. The lowest BCUT2D eigenvalue weighted by atomic mass is 9.91. The molecular weight excluding hydrogens is 527 g/mol. The normalized spacial score (nSPS) is 18.8. The number of anilines is 1. The number of hydrogen-bond acceptors (Lipinski definition) is 5. The number of piperidine rings is 1. The van der Waals surface area contributed by atoms with Gasteiger partial charge in [0.05, 0.1) is 17.9 Å². The predicted molar refractivity (Wildman–Crippen MR) is 155 cm³/mol. The van der Waals surface area contributed by atoms with Crippen LogP contribution in [0.3, 0.4) is 0 Å². The lowest BCUT2D eigenvalue weighted by Gasteiger charge is -2.31. The number of nitrogens with zero attached hydrogens (tertiary/aromatic N) is 3. The highest BCUT2D eigenvalue weighted by molar-refractivity contribution is 5.97. The average Bonchev–Trinajstić information content (AvgIpc) is 2.96. The van der Waals surface area contributed by atoms with Crippen LogP contribution in [0, 0.1) is 5.92 Å². The van der Waals surface area contributed by atoms with E-state index in [4.69, 9.17) is 4.98 Å². The SMILES string of the molecule is C[C@H]1CN(Cc2cccc(-c3cccc(CN(C(=O)C(F)(F)F)c4cccc(CC5CCNCC5)c4)c3)n2)CCN1. The van der Waals surface area contributed by atoms with Gasteiger partial charge in [0.1, 0.15) is 0 Å². The van der Waals surface area contributed by atoms with E-state index in [-0.39, 0.29) is 12.2 Å². The molecule has 0 aliphatic carbocycles. The Hall–Kier alpha value is -3.27. The number of piperazine rings is 1. The molecule has 2 fully saturated rings. The smallest absolute Gasteiger partial charge is 0.317 e. The van der Waals surface area contributed by atoms with Crippen molar-refractivity contribution >= 4 is 11.6 Å². The lowest BCUT2D eigenvalue weighted by Crippen LogP contribution is -2.48. The van der Waals surface area contributed by atoms with E-state index in [2.05, 4.69) is 22.5 Å². The quantitative estimate of drug-likeness (QED) is 0.394. The van der Waals surface area contributed by atoms with Crippen molar-refractivity contribution in [2.75, 3.05) is 37.6 Å². The molecule has 218 valence electrons. The predicted octanol–water partition coefficient (Wildman–Crippen LogP) is 5.18. The number of pyridine rings is 1. The second-order valence-corrected chi connectivity index (χ2v) is 11.3. The highest BCUT2D eigenvalue weighted by atomic mass is 19.4. The molecule has 0 spiro atoms. The van der Waals surface area contributed by atoms with Crippen molar-refractivity contribution in [2.24, 2.45) is 5.92 Å². The van der Waals surface area contributed by atoms with Gasteiger partial charge < -0.3 is 15.5 Å². The molecule has 1 aromatic heterocycles. The van der Waals surface area contributed by atoms with Crippen LogP contribution in [0.4, 0.5) is 18.9 Å². The van der Waals surface area contributed by atoms with E-state index in [1.807, 2.05) is 36.4 Å². The maximum absolute atomic E-state index is 13.8. The zero-order valence-electron chi connectivity index (χ0n) is 23.5. The first-order valence-electron chi connectivity index (χ1n) is 14.4. The number of benzene rings is 2. The molecule has 2 aliphatic heterocycles. The minimum absolute atomic E-state index is 0.193. The number of aromatic nitrogens is 1. The van der Waals surface area contributed by atoms with Crippen LogP contribution in [-0.4, -0.2) is 60.7 Å². The van der Waals surface area contributed by atoms with Gasteiger partial charge in [-0.15, -0.1) is 0 Å². The second kappa shape index (κ2) is 13.1. The first-order valence-corrected chi connectivity index (χ1v) is 14.4. The molecule has 41 heavy (non-hydrogen) atoms. The van der Waals surface area contributed by atoms with Gasteiger partial charge in [-0.2, -0.15) is 13.2 Å². The molecule has 3 aromatic rings. The van der Waals surface area contributed by atoms with Gasteiger partial charge in [-0.1, -0.05) is 36.4 Å². The third kappa shape index (κ3) is 7.93. The largest absolute Gasteiger partial charge is 0.471 e. The van der Waals surface area contributed by atoms with E-state index in [1.54, 1.807) is 30.3 Å². The Morgan fingerprint density at radius 3 is 2.54 bits per heavy atom.